The van der Waals surface area contributed by atoms with E-state index in [1.165, 1.54) is 6.21 Å². The monoisotopic (exact) mass is 321 g/mol. The number of benzene rings is 1. The van der Waals surface area contributed by atoms with Crippen LogP contribution in [-0.4, -0.2) is 34.4 Å². The number of H-pyrrole nitrogens is 1. The van der Waals surface area contributed by atoms with Gasteiger partial charge in [-0.3, -0.25) is 14.9 Å². The fourth-order valence-corrected chi connectivity index (χ4v) is 2.02. The van der Waals surface area contributed by atoms with E-state index in [0.717, 1.165) is 11.3 Å². The van der Waals surface area contributed by atoms with Crippen molar-refractivity contribution in [2.75, 3.05) is 7.11 Å². The zero-order valence-electron chi connectivity index (χ0n) is 12.9. The molecule has 1 aromatic carbocycles. The normalized spacial score (nSPS) is 10.7. The van der Waals surface area contributed by atoms with Crippen LogP contribution in [0.5, 0.6) is 5.75 Å². The van der Waals surface area contributed by atoms with E-state index in [2.05, 4.69) is 25.7 Å². The Morgan fingerprint density at radius 2 is 2.08 bits per heavy atom. The van der Waals surface area contributed by atoms with Crippen LogP contribution in [0.2, 0.25) is 0 Å². The average Bonchev–Trinajstić information content (AvgIpc) is 3.13. The summed E-state index contributed by atoms with van der Waals surface area (Å²) in [6.45, 7) is 0. The van der Waals surface area contributed by atoms with Crippen LogP contribution in [0, 0.1) is 0 Å². The molecule has 7 heteroatoms. The van der Waals surface area contributed by atoms with Crippen LogP contribution in [0.4, 0.5) is 0 Å². The van der Waals surface area contributed by atoms with Gasteiger partial charge in [0, 0.05) is 11.8 Å². The molecule has 24 heavy (non-hydrogen) atoms. The molecule has 3 rings (SSSR count). The van der Waals surface area contributed by atoms with Crippen LogP contribution in [0.1, 0.15) is 16.2 Å². The number of hydrogen-bond donors (Lipinski definition) is 2. The molecule has 0 saturated heterocycles. The van der Waals surface area contributed by atoms with E-state index in [-0.39, 0.29) is 5.91 Å². The summed E-state index contributed by atoms with van der Waals surface area (Å²) in [6.07, 6.45) is 3.12. The van der Waals surface area contributed by atoms with Crippen molar-refractivity contribution in [1.82, 2.24) is 20.6 Å². The van der Waals surface area contributed by atoms with Gasteiger partial charge in [-0.2, -0.15) is 10.2 Å². The van der Waals surface area contributed by atoms with Crippen LogP contribution < -0.4 is 10.2 Å². The van der Waals surface area contributed by atoms with Crippen molar-refractivity contribution < 1.29 is 9.53 Å². The number of carbonyl (C=O) groups excluding carboxylic acids is 1. The highest BCUT2D eigenvalue weighted by molar-refractivity contribution is 5.94. The molecule has 7 nitrogen and oxygen atoms in total. The van der Waals surface area contributed by atoms with E-state index >= 15 is 0 Å². The molecule has 0 saturated carbocycles. The molecule has 1 amide bonds. The molecule has 0 aliphatic carbocycles. The maximum absolute atomic E-state index is 12.0. The first-order chi connectivity index (χ1) is 11.8. The number of aromatic nitrogens is 3. The predicted octanol–water partition coefficient (Wildman–Crippen LogP) is 2.24. The van der Waals surface area contributed by atoms with Gasteiger partial charge in [0.2, 0.25) is 0 Å². The Labute approximate surface area is 138 Å². The molecule has 120 valence electrons. The second-order valence-corrected chi connectivity index (χ2v) is 4.85. The van der Waals surface area contributed by atoms with E-state index in [9.17, 15) is 4.79 Å². The lowest BCUT2D eigenvalue weighted by molar-refractivity contribution is 0.0950. The third kappa shape index (κ3) is 3.64. The number of nitrogens with zero attached hydrogens (tertiary/aromatic N) is 3. The number of ether oxygens (including phenoxy) is 1. The van der Waals surface area contributed by atoms with Crippen LogP contribution in [0.25, 0.3) is 11.3 Å². The Balaban J connectivity index is 1.66. The lowest BCUT2D eigenvalue weighted by Gasteiger charge is -2.00. The van der Waals surface area contributed by atoms with E-state index in [1.807, 2.05) is 30.3 Å². The molecule has 0 aliphatic rings. The SMILES string of the molecule is COc1ccc(-c2cc(C(=O)N/N=C/c3ccccn3)[nH]n2)cc1. The highest BCUT2D eigenvalue weighted by Gasteiger charge is 2.10. The van der Waals surface area contributed by atoms with Crippen LogP contribution in [0.3, 0.4) is 0 Å². The highest BCUT2D eigenvalue weighted by Crippen LogP contribution is 2.21. The van der Waals surface area contributed by atoms with Gasteiger partial charge < -0.3 is 4.74 Å². The zero-order chi connectivity index (χ0) is 16.8. The van der Waals surface area contributed by atoms with E-state index < -0.39 is 0 Å². The standard InChI is InChI=1S/C17H15N5O2/c1-24-14-7-5-12(6-8-14)15-10-16(21-20-15)17(23)22-19-11-13-4-2-3-9-18-13/h2-11H,1H3,(H,20,21)(H,22,23)/b19-11+. The largest absolute Gasteiger partial charge is 0.497 e. The van der Waals surface area contributed by atoms with Gasteiger partial charge in [0.05, 0.1) is 24.7 Å². The molecular weight excluding hydrogens is 306 g/mol. The first-order valence-corrected chi connectivity index (χ1v) is 7.20. The number of hydrazone groups is 1. The average molecular weight is 321 g/mol. The molecule has 3 aromatic rings. The third-order valence-corrected chi connectivity index (χ3v) is 3.26. The molecule has 0 atom stereocenters. The van der Waals surface area contributed by atoms with Gasteiger partial charge >= 0.3 is 0 Å². The molecule has 0 bridgehead atoms. The van der Waals surface area contributed by atoms with Gasteiger partial charge in [-0.25, -0.2) is 5.43 Å². The fourth-order valence-electron chi connectivity index (χ4n) is 2.02. The fraction of sp³-hybridized carbons (Fsp3) is 0.0588. The molecule has 0 unspecified atom stereocenters. The lowest BCUT2D eigenvalue weighted by Crippen LogP contribution is -2.18. The van der Waals surface area contributed by atoms with E-state index in [0.29, 0.717) is 17.1 Å². The summed E-state index contributed by atoms with van der Waals surface area (Å²) in [5.41, 5.74) is 4.94. The van der Waals surface area contributed by atoms with Gasteiger partial charge in [0.15, 0.2) is 0 Å². The maximum atomic E-state index is 12.0. The lowest BCUT2D eigenvalue weighted by atomic mass is 10.1. The summed E-state index contributed by atoms with van der Waals surface area (Å²) >= 11 is 0. The maximum Gasteiger partial charge on any atom is 0.289 e. The van der Waals surface area contributed by atoms with E-state index in [4.69, 9.17) is 4.74 Å². The van der Waals surface area contributed by atoms with Crippen molar-refractivity contribution in [2.24, 2.45) is 5.10 Å². The van der Waals surface area contributed by atoms with Crippen molar-refractivity contribution in [3.63, 3.8) is 0 Å². The summed E-state index contributed by atoms with van der Waals surface area (Å²) in [6, 6.07) is 14.5. The minimum atomic E-state index is -0.380. The highest BCUT2D eigenvalue weighted by atomic mass is 16.5. The summed E-state index contributed by atoms with van der Waals surface area (Å²) in [4.78, 5) is 16.1. The topological polar surface area (TPSA) is 92.3 Å². The Hall–Kier alpha value is -3.48. The number of hydrogen-bond acceptors (Lipinski definition) is 5. The first-order valence-electron chi connectivity index (χ1n) is 7.20. The molecular formula is C17H15N5O2. The zero-order valence-corrected chi connectivity index (χ0v) is 12.9. The van der Waals surface area contributed by atoms with Crippen molar-refractivity contribution >= 4 is 12.1 Å². The Morgan fingerprint density at radius 1 is 1.25 bits per heavy atom. The molecule has 0 fully saturated rings. The Morgan fingerprint density at radius 3 is 2.79 bits per heavy atom. The van der Waals surface area contributed by atoms with Gasteiger partial charge in [0.25, 0.3) is 5.91 Å². The molecule has 0 radical (unpaired) electrons. The van der Waals surface area contributed by atoms with Crippen LogP contribution in [0.15, 0.2) is 59.8 Å². The van der Waals surface area contributed by atoms with Crippen LogP contribution >= 0.6 is 0 Å². The molecule has 2 heterocycles. The van der Waals surface area contributed by atoms with Crippen molar-refractivity contribution in [3.8, 4) is 17.0 Å². The molecule has 0 aliphatic heterocycles. The third-order valence-electron chi connectivity index (χ3n) is 3.26. The van der Waals surface area contributed by atoms with Crippen LogP contribution in [-0.2, 0) is 0 Å². The first kappa shape index (κ1) is 15.4. The summed E-state index contributed by atoms with van der Waals surface area (Å²) in [5.74, 6) is 0.380. The second-order valence-electron chi connectivity index (χ2n) is 4.85. The van der Waals surface area contributed by atoms with Crippen molar-refractivity contribution in [1.29, 1.82) is 0 Å². The number of carbonyl (C=O) groups is 1. The Kier molecular flexibility index (Phi) is 4.62. The minimum absolute atomic E-state index is 0.319. The second kappa shape index (κ2) is 7.19. The minimum Gasteiger partial charge on any atom is -0.497 e. The van der Waals surface area contributed by atoms with Gasteiger partial charge in [-0.1, -0.05) is 6.07 Å². The van der Waals surface area contributed by atoms with Gasteiger partial charge in [0.1, 0.15) is 11.4 Å². The number of pyridine rings is 1. The summed E-state index contributed by atoms with van der Waals surface area (Å²) in [7, 11) is 1.61. The number of aromatic amines is 1. The number of methoxy groups -OCH3 is 1. The van der Waals surface area contributed by atoms with Crippen molar-refractivity contribution in [2.45, 2.75) is 0 Å². The Bertz CT molecular complexity index is 841. The number of rotatable bonds is 5. The quantitative estimate of drug-likeness (QED) is 0.557. The summed E-state index contributed by atoms with van der Waals surface area (Å²) in [5, 5.41) is 10.7. The molecule has 2 N–H and O–H groups in total. The summed E-state index contributed by atoms with van der Waals surface area (Å²) < 4.78 is 5.12. The smallest absolute Gasteiger partial charge is 0.289 e. The van der Waals surface area contributed by atoms with Crippen molar-refractivity contribution in [3.05, 3.63) is 66.1 Å². The van der Waals surface area contributed by atoms with Gasteiger partial charge in [-0.05, 0) is 42.5 Å². The molecule has 0 spiro atoms. The predicted molar refractivity (Wildman–Crippen MR) is 89.9 cm³/mol. The van der Waals surface area contributed by atoms with Gasteiger partial charge in [-0.15, -0.1) is 0 Å². The number of nitrogens with one attached hydrogen (secondary N) is 2. The number of amides is 1. The van der Waals surface area contributed by atoms with E-state index in [1.54, 1.807) is 31.5 Å². The molecule has 2 aromatic heterocycles.